The monoisotopic (exact) mass is 464 g/mol. The molecule has 0 aromatic heterocycles. The Labute approximate surface area is 217 Å². The third-order valence-corrected chi connectivity index (χ3v) is 3.44. The minimum Gasteiger partial charge on any atom is -0.545 e. The molecule has 4 N–H and O–H groups in total. The summed E-state index contributed by atoms with van der Waals surface area (Å²) in [5.74, 6) is -4.22. The number of aromatic carboxylic acids is 2. The van der Waals surface area contributed by atoms with Crippen molar-refractivity contribution in [2.75, 3.05) is 13.2 Å². The SMILES string of the molecule is O=C([O-])c1ccc(C(=O)OCC(O)O)cc1.O=C([O-])c1ccc(C(=O)OCC(O)O)cc1.[Li+].[Li+]. The van der Waals surface area contributed by atoms with Crippen molar-refractivity contribution in [2.45, 2.75) is 12.6 Å². The Morgan fingerprint density at radius 3 is 1.03 bits per heavy atom. The van der Waals surface area contributed by atoms with Crippen molar-refractivity contribution in [3.63, 3.8) is 0 Å². The third kappa shape index (κ3) is 12.6. The van der Waals surface area contributed by atoms with Crippen LogP contribution in [0.2, 0.25) is 0 Å². The molecule has 2 rings (SSSR count). The molecule has 172 valence electrons. The van der Waals surface area contributed by atoms with E-state index in [-0.39, 0.29) is 60.0 Å². The average molecular weight is 464 g/mol. The molecule has 0 saturated heterocycles. The molecular weight excluding hydrogens is 446 g/mol. The van der Waals surface area contributed by atoms with E-state index in [1.165, 1.54) is 48.5 Å². The second kappa shape index (κ2) is 16.9. The maximum absolute atomic E-state index is 11.2. The minimum atomic E-state index is -1.73. The number of rotatable bonds is 8. The van der Waals surface area contributed by atoms with Crippen LogP contribution >= 0.6 is 0 Å². The molecule has 0 aliphatic carbocycles. The molecule has 0 heterocycles. The number of aliphatic hydroxyl groups is 4. The van der Waals surface area contributed by atoms with Crippen molar-refractivity contribution in [3.05, 3.63) is 70.8 Å². The molecular formula is C20H18Li2O12. The molecule has 0 bridgehead atoms. The number of carboxylic acid groups (broad SMARTS) is 2. The van der Waals surface area contributed by atoms with Crippen molar-refractivity contribution in [1.29, 1.82) is 0 Å². The summed E-state index contributed by atoms with van der Waals surface area (Å²) in [6.45, 7) is -1.08. The van der Waals surface area contributed by atoms with E-state index < -0.39 is 49.7 Å². The summed E-state index contributed by atoms with van der Waals surface area (Å²) in [5, 5.41) is 54.6. The summed E-state index contributed by atoms with van der Waals surface area (Å²) >= 11 is 0. The maximum Gasteiger partial charge on any atom is 1.00 e. The van der Waals surface area contributed by atoms with Crippen LogP contribution in [0.25, 0.3) is 0 Å². The standard InChI is InChI=1S/2C10H10O6.2Li/c2*11-8(12)5-16-10(15)7-3-1-6(2-4-7)9(13)14;;/h2*1-4,8,11-12H,5H2,(H,13,14);;/q;;2*+1/p-2. The van der Waals surface area contributed by atoms with Crippen molar-refractivity contribution < 1.29 is 97.0 Å². The molecule has 0 unspecified atom stereocenters. The Morgan fingerprint density at radius 2 is 0.824 bits per heavy atom. The van der Waals surface area contributed by atoms with Gasteiger partial charge >= 0.3 is 49.7 Å². The van der Waals surface area contributed by atoms with Gasteiger partial charge in [-0.2, -0.15) is 0 Å². The van der Waals surface area contributed by atoms with Crippen LogP contribution in [0.3, 0.4) is 0 Å². The van der Waals surface area contributed by atoms with Crippen LogP contribution in [-0.2, 0) is 9.47 Å². The van der Waals surface area contributed by atoms with Crippen LogP contribution in [0.1, 0.15) is 41.4 Å². The van der Waals surface area contributed by atoms with Gasteiger partial charge in [0.25, 0.3) is 0 Å². The zero-order valence-corrected chi connectivity index (χ0v) is 18.2. The molecule has 0 amide bonds. The normalized spacial score (nSPS) is 9.59. The molecule has 2 aromatic carbocycles. The van der Waals surface area contributed by atoms with Gasteiger partial charge in [0.15, 0.2) is 12.6 Å². The molecule has 0 radical (unpaired) electrons. The average Bonchev–Trinajstić information content (AvgIpc) is 2.76. The Balaban J connectivity index is 0. The predicted molar refractivity (Wildman–Crippen MR) is 98.6 cm³/mol. The summed E-state index contributed by atoms with van der Waals surface area (Å²) in [4.78, 5) is 43.3. The molecule has 0 aliphatic rings. The molecule has 14 heteroatoms. The number of aliphatic hydroxyl groups excluding tert-OH is 2. The van der Waals surface area contributed by atoms with Crippen LogP contribution in [-0.4, -0.2) is 70.1 Å². The number of carbonyl (C=O) groups excluding carboxylic acids is 4. The van der Waals surface area contributed by atoms with E-state index in [2.05, 4.69) is 9.47 Å². The summed E-state index contributed by atoms with van der Waals surface area (Å²) in [5.41, 5.74) is 0.119. The molecule has 0 aliphatic heterocycles. The topological polar surface area (TPSA) is 214 Å². The van der Waals surface area contributed by atoms with E-state index in [1.54, 1.807) is 0 Å². The Morgan fingerprint density at radius 1 is 0.588 bits per heavy atom. The number of carboxylic acids is 2. The van der Waals surface area contributed by atoms with Crippen molar-refractivity contribution in [1.82, 2.24) is 0 Å². The molecule has 12 nitrogen and oxygen atoms in total. The van der Waals surface area contributed by atoms with Crippen LogP contribution in [0.4, 0.5) is 0 Å². The number of hydrogen-bond donors (Lipinski definition) is 4. The maximum atomic E-state index is 11.2. The predicted octanol–water partition coefficient (Wildman–Crippen LogP) is -8.96. The van der Waals surface area contributed by atoms with Gasteiger partial charge in [-0.05, 0) is 35.4 Å². The van der Waals surface area contributed by atoms with Crippen LogP contribution < -0.4 is 47.9 Å². The molecule has 0 fully saturated rings. The second-order valence-corrected chi connectivity index (χ2v) is 5.89. The van der Waals surface area contributed by atoms with E-state index in [9.17, 15) is 29.4 Å². The largest absolute Gasteiger partial charge is 1.00 e. The first-order chi connectivity index (χ1) is 15.0. The zero-order chi connectivity index (χ0) is 24.3. The van der Waals surface area contributed by atoms with Gasteiger partial charge in [-0.15, -0.1) is 0 Å². The van der Waals surface area contributed by atoms with E-state index in [1.807, 2.05) is 0 Å². The van der Waals surface area contributed by atoms with Crippen molar-refractivity contribution >= 4 is 23.9 Å². The van der Waals surface area contributed by atoms with E-state index >= 15 is 0 Å². The Hall–Kier alpha value is -2.65. The second-order valence-electron chi connectivity index (χ2n) is 5.89. The van der Waals surface area contributed by atoms with E-state index in [0.29, 0.717) is 0 Å². The van der Waals surface area contributed by atoms with Gasteiger partial charge in [-0.25, -0.2) is 9.59 Å². The first kappa shape index (κ1) is 33.5. The molecule has 0 spiro atoms. The van der Waals surface area contributed by atoms with Crippen LogP contribution in [0.5, 0.6) is 0 Å². The fourth-order valence-corrected chi connectivity index (χ4v) is 1.95. The van der Waals surface area contributed by atoms with Gasteiger partial charge in [0, 0.05) is 0 Å². The Kier molecular flexibility index (Phi) is 16.7. The van der Waals surface area contributed by atoms with Crippen LogP contribution in [0.15, 0.2) is 48.5 Å². The van der Waals surface area contributed by atoms with Gasteiger partial charge in [-0.3, -0.25) is 0 Å². The smallest absolute Gasteiger partial charge is 0.545 e. The van der Waals surface area contributed by atoms with E-state index in [0.717, 1.165) is 0 Å². The van der Waals surface area contributed by atoms with Gasteiger partial charge < -0.3 is 49.7 Å². The van der Waals surface area contributed by atoms with E-state index in [4.69, 9.17) is 20.4 Å². The molecule has 2 aromatic rings. The van der Waals surface area contributed by atoms with Crippen LogP contribution in [0, 0.1) is 0 Å². The summed E-state index contributed by atoms with van der Waals surface area (Å²) in [7, 11) is 0. The first-order valence-corrected chi connectivity index (χ1v) is 8.70. The fourth-order valence-electron chi connectivity index (χ4n) is 1.95. The fraction of sp³-hybridized carbons (Fsp3) is 0.200. The van der Waals surface area contributed by atoms with Gasteiger partial charge in [0.2, 0.25) is 0 Å². The van der Waals surface area contributed by atoms with Crippen molar-refractivity contribution in [3.8, 4) is 0 Å². The number of benzene rings is 2. The van der Waals surface area contributed by atoms with Gasteiger partial charge in [-0.1, -0.05) is 24.3 Å². The van der Waals surface area contributed by atoms with Gasteiger partial charge in [0.05, 0.1) is 23.1 Å². The molecule has 0 saturated carbocycles. The summed E-state index contributed by atoms with van der Waals surface area (Å²) in [6.07, 6.45) is -3.46. The van der Waals surface area contributed by atoms with Gasteiger partial charge in [0.1, 0.15) is 13.2 Å². The first-order valence-electron chi connectivity index (χ1n) is 8.70. The number of carbonyl (C=O) groups is 4. The quantitative estimate of drug-likeness (QED) is 0.163. The Bertz CT molecular complexity index is 850. The number of esters is 2. The number of hydrogen-bond acceptors (Lipinski definition) is 12. The molecule has 0 atom stereocenters. The summed E-state index contributed by atoms with van der Waals surface area (Å²) < 4.78 is 8.98. The number of ether oxygens (including phenoxy) is 2. The molecule has 34 heavy (non-hydrogen) atoms. The minimum absolute atomic E-state index is 0. The third-order valence-electron chi connectivity index (χ3n) is 3.44. The summed E-state index contributed by atoms with van der Waals surface area (Å²) in [6, 6.07) is 9.77. The van der Waals surface area contributed by atoms with Crippen molar-refractivity contribution in [2.24, 2.45) is 0 Å². The zero-order valence-electron chi connectivity index (χ0n) is 18.2.